The zero-order valence-electron chi connectivity index (χ0n) is 8.74. The first kappa shape index (κ1) is 12.9. The van der Waals surface area contributed by atoms with Crippen molar-refractivity contribution in [2.75, 3.05) is 6.61 Å². The van der Waals surface area contributed by atoms with Crippen molar-refractivity contribution in [2.45, 2.75) is 39.3 Å². The lowest BCUT2D eigenvalue weighted by Crippen LogP contribution is -2.40. The molecule has 0 radical (unpaired) electrons. The number of amides is 1. The van der Waals surface area contributed by atoms with Gasteiger partial charge in [0.2, 0.25) is 5.91 Å². The number of rotatable bonds is 5. The summed E-state index contributed by atoms with van der Waals surface area (Å²) in [5, 5.41) is 11.3. The molecule has 0 aromatic heterocycles. The number of aliphatic hydroxyl groups is 1. The molecule has 2 N–H and O–H groups in total. The molecular formula is C9H17NO4. The first-order valence-electron chi connectivity index (χ1n) is 4.61. The van der Waals surface area contributed by atoms with Crippen LogP contribution in [0.1, 0.15) is 27.2 Å². The molecule has 0 unspecified atom stereocenters. The molecule has 0 rings (SSSR count). The van der Waals surface area contributed by atoms with E-state index in [4.69, 9.17) is 9.84 Å². The maximum atomic E-state index is 11.1. The van der Waals surface area contributed by atoms with E-state index >= 15 is 0 Å². The first-order chi connectivity index (χ1) is 6.47. The van der Waals surface area contributed by atoms with Crippen LogP contribution in [-0.2, 0) is 14.3 Å². The molecule has 2 atom stereocenters. The van der Waals surface area contributed by atoms with Crippen molar-refractivity contribution in [3.8, 4) is 0 Å². The summed E-state index contributed by atoms with van der Waals surface area (Å²) in [5.74, 6) is -0.827. The molecule has 0 aromatic rings. The topological polar surface area (TPSA) is 75.6 Å². The molecule has 5 nitrogen and oxygen atoms in total. The number of esters is 1. The van der Waals surface area contributed by atoms with Crippen molar-refractivity contribution in [1.29, 1.82) is 0 Å². The van der Waals surface area contributed by atoms with Gasteiger partial charge in [-0.25, -0.2) is 4.79 Å². The number of hydrogen-bond acceptors (Lipinski definition) is 4. The molecule has 82 valence electrons. The van der Waals surface area contributed by atoms with Crippen LogP contribution in [0.3, 0.4) is 0 Å². The summed E-state index contributed by atoms with van der Waals surface area (Å²) in [7, 11) is 0. The van der Waals surface area contributed by atoms with Crippen LogP contribution in [0, 0.1) is 0 Å². The maximum Gasteiger partial charge on any atom is 0.328 e. The molecule has 0 bridgehead atoms. The molecule has 0 spiro atoms. The molecule has 5 heteroatoms. The summed E-state index contributed by atoms with van der Waals surface area (Å²) < 4.78 is 4.69. The average molecular weight is 203 g/mol. The Bertz CT molecular complexity index is 203. The summed E-state index contributed by atoms with van der Waals surface area (Å²) in [6, 6.07) is -0.666. The van der Waals surface area contributed by atoms with Gasteiger partial charge in [0, 0.05) is 0 Å². The molecule has 0 aliphatic carbocycles. The van der Waals surface area contributed by atoms with Gasteiger partial charge in [0.05, 0.1) is 19.1 Å². The predicted molar refractivity (Wildman–Crippen MR) is 50.5 cm³/mol. The number of ether oxygens (including phenoxy) is 1. The minimum Gasteiger partial charge on any atom is -0.464 e. The Labute approximate surface area is 83.4 Å². The number of aliphatic hydroxyl groups excluding tert-OH is 1. The van der Waals surface area contributed by atoms with Gasteiger partial charge < -0.3 is 15.2 Å². The number of carbonyl (C=O) groups is 2. The quantitative estimate of drug-likeness (QED) is 0.608. The van der Waals surface area contributed by atoms with Crippen molar-refractivity contribution in [3.63, 3.8) is 0 Å². The van der Waals surface area contributed by atoms with Gasteiger partial charge in [-0.2, -0.15) is 0 Å². The van der Waals surface area contributed by atoms with Crippen LogP contribution in [0.25, 0.3) is 0 Å². The molecule has 0 saturated carbocycles. The second kappa shape index (κ2) is 6.37. The van der Waals surface area contributed by atoms with Crippen LogP contribution in [0.15, 0.2) is 0 Å². The fraction of sp³-hybridized carbons (Fsp3) is 0.778. The van der Waals surface area contributed by atoms with E-state index in [0.29, 0.717) is 0 Å². The Balaban J connectivity index is 3.87. The Morgan fingerprint density at radius 2 is 2.00 bits per heavy atom. The van der Waals surface area contributed by atoms with Crippen molar-refractivity contribution in [3.05, 3.63) is 0 Å². The number of nitrogens with one attached hydrogen (secondary N) is 1. The van der Waals surface area contributed by atoms with E-state index in [9.17, 15) is 9.59 Å². The highest BCUT2D eigenvalue weighted by molar-refractivity contribution is 5.84. The second-order valence-corrected chi connectivity index (χ2v) is 3.09. The van der Waals surface area contributed by atoms with Crippen LogP contribution in [0.5, 0.6) is 0 Å². The largest absolute Gasteiger partial charge is 0.464 e. The summed E-state index contributed by atoms with van der Waals surface area (Å²) in [5.41, 5.74) is 0. The lowest BCUT2D eigenvalue weighted by Gasteiger charge is -2.12. The smallest absolute Gasteiger partial charge is 0.328 e. The van der Waals surface area contributed by atoms with Gasteiger partial charge in [-0.3, -0.25) is 4.79 Å². The second-order valence-electron chi connectivity index (χ2n) is 3.09. The third-order valence-corrected chi connectivity index (χ3v) is 1.50. The number of hydrogen-bond donors (Lipinski definition) is 2. The Kier molecular flexibility index (Phi) is 5.87. The summed E-state index contributed by atoms with van der Waals surface area (Å²) in [4.78, 5) is 22.2. The highest BCUT2D eigenvalue weighted by Crippen LogP contribution is 1.92. The molecule has 0 aliphatic heterocycles. The summed E-state index contributed by atoms with van der Waals surface area (Å²) in [6.07, 6.45) is -0.714. The monoisotopic (exact) mass is 203 g/mol. The van der Waals surface area contributed by atoms with E-state index in [1.54, 1.807) is 6.92 Å². The molecular weight excluding hydrogens is 186 g/mol. The lowest BCUT2D eigenvalue weighted by molar-refractivity contribution is -0.147. The third kappa shape index (κ3) is 5.53. The standard InChI is InChI=1S/C9H17NO4/c1-4-14-9(13)7(3)10-8(12)5-6(2)11/h6-7,11H,4-5H2,1-3H3,(H,10,12)/t6-,7+/m0/s1. The van der Waals surface area contributed by atoms with E-state index in [0.717, 1.165) is 0 Å². The fourth-order valence-corrected chi connectivity index (χ4v) is 0.895. The number of carbonyl (C=O) groups excluding carboxylic acids is 2. The highest BCUT2D eigenvalue weighted by Gasteiger charge is 2.16. The molecule has 0 aliphatic rings. The van der Waals surface area contributed by atoms with Gasteiger partial charge in [0.1, 0.15) is 6.04 Å². The van der Waals surface area contributed by atoms with Gasteiger partial charge in [-0.1, -0.05) is 0 Å². The minimum absolute atomic E-state index is 0.0102. The zero-order chi connectivity index (χ0) is 11.1. The SMILES string of the molecule is CCOC(=O)[C@@H](C)NC(=O)C[C@H](C)O. The van der Waals surface area contributed by atoms with Crippen molar-refractivity contribution >= 4 is 11.9 Å². The van der Waals surface area contributed by atoms with Crippen LogP contribution < -0.4 is 5.32 Å². The normalized spacial score (nSPS) is 14.3. The molecule has 14 heavy (non-hydrogen) atoms. The summed E-state index contributed by atoms with van der Waals surface area (Å²) >= 11 is 0. The molecule has 0 heterocycles. The molecule has 0 aromatic carbocycles. The molecule has 1 amide bonds. The first-order valence-corrected chi connectivity index (χ1v) is 4.61. The van der Waals surface area contributed by atoms with E-state index in [1.807, 2.05) is 0 Å². The average Bonchev–Trinajstić information content (AvgIpc) is 2.02. The van der Waals surface area contributed by atoms with Crippen LogP contribution in [-0.4, -0.2) is 35.7 Å². The van der Waals surface area contributed by atoms with Gasteiger partial charge in [0.25, 0.3) is 0 Å². The fourth-order valence-electron chi connectivity index (χ4n) is 0.895. The van der Waals surface area contributed by atoms with Gasteiger partial charge in [-0.15, -0.1) is 0 Å². The maximum absolute atomic E-state index is 11.1. The minimum atomic E-state index is -0.704. The van der Waals surface area contributed by atoms with Crippen molar-refractivity contribution in [2.24, 2.45) is 0 Å². The van der Waals surface area contributed by atoms with Gasteiger partial charge in [-0.05, 0) is 20.8 Å². The summed E-state index contributed by atoms with van der Waals surface area (Å²) in [6.45, 7) is 5.03. The predicted octanol–water partition coefficient (Wildman–Crippen LogP) is -0.175. The van der Waals surface area contributed by atoms with Crippen LogP contribution >= 0.6 is 0 Å². The van der Waals surface area contributed by atoms with Crippen LogP contribution in [0.2, 0.25) is 0 Å². The molecule has 0 saturated heterocycles. The third-order valence-electron chi connectivity index (χ3n) is 1.50. The lowest BCUT2D eigenvalue weighted by atomic mass is 10.2. The van der Waals surface area contributed by atoms with Crippen molar-refractivity contribution in [1.82, 2.24) is 5.32 Å². The van der Waals surface area contributed by atoms with E-state index in [1.165, 1.54) is 13.8 Å². The Morgan fingerprint density at radius 3 is 2.43 bits per heavy atom. The van der Waals surface area contributed by atoms with E-state index < -0.39 is 18.1 Å². The molecule has 0 fully saturated rings. The zero-order valence-corrected chi connectivity index (χ0v) is 8.74. The van der Waals surface area contributed by atoms with Crippen LogP contribution in [0.4, 0.5) is 0 Å². The van der Waals surface area contributed by atoms with E-state index in [-0.39, 0.29) is 18.9 Å². The van der Waals surface area contributed by atoms with Gasteiger partial charge in [0.15, 0.2) is 0 Å². The highest BCUT2D eigenvalue weighted by atomic mass is 16.5. The van der Waals surface area contributed by atoms with Crippen molar-refractivity contribution < 1.29 is 19.4 Å². The Hall–Kier alpha value is -1.10. The van der Waals surface area contributed by atoms with E-state index in [2.05, 4.69) is 5.32 Å². The van der Waals surface area contributed by atoms with Gasteiger partial charge >= 0.3 is 5.97 Å². The Morgan fingerprint density at radius 1 is 1.43 bits per heavy atom.